The van der Waals surface area contributed by atoms with Crippen LogP contribution in [0.15, 0.2) is 36.5 Å². The Morgan fingerprint density at radius 3 is 2.88 bits per heavy atom. The van der Waals surface area contributed by atoms with Crippen molar-refractivity contribution >= 4 is 11.6 Å². The lowest BCUT2D eigenvalue weighted by atomic mass is 9.95. The van der Waals surface area contributed by atoms with Crippen LogP contribution in [-0.2, 0) is 17.6 Å². The summed E-state index contributed by atoms with van der Waals surface area (Å²) < 4.78 is 5.87. The third-order valence-corrected chi connectivity index (χ3v) is 4.47. The summed E-state index contributed by atoms with van der Waals surface area (Å²) in [6.07, 6.45) is 6.11. The Kier molecular flexibility index (Phi) is 5.14. The molecule has 4 heteroatoms. The average Bonchev–Trinajstić information content (AvgIpc) is 2.60. The van der Waals surface area contributed by atoms with Gasteiger partial charge in [-0.2, -0.15) is 0 Å². The number of pyridine rings is 1. The van der Waals surface area contributed by atoms with Gasteiger partial charge in [0.25, 0.3) is 5.91 Å². The van der Waals surface area contributed by atoms with Gasteiger partial charge in [0.05, 0.1) is 0 Å². The van der Waals surface area contributed by atoms with E-state index in [1.165, 1.54) is 12.0 Å². The van der Waals surface area contributed by atoms with Crippen LogP contribution >= 0.6 is 0 Å². The van der Waals surface area contributed by atoms with Crippen LogP contribution in [0.3, 0.4) is 0 Å². The maximum absolute atomic E-state index is 12.6. The van der Waals surface area contributed by atoms with Crippen molar-refractivity contribution in [2.24, 2.45) is 0 Å². The first-order valence-electron chi connectivity index (χ1n) is 8.65. The van der Waals surface area contributed by atoms with E-state index in [4.69, 9.17) is 4.74 Å². The van der Waals surface area contributed by atoms with Crippen molar-refractivity contribution in [2.75, 3.05) is 18.1 Å². The molecule has 1 amide bonds. The second kappa shape index (κ2) is 7.47. The van der Waals surface area contributed by atoms with Gasteiger partial charge in [0.1, 0.15) is 5.75 Å². The van der Waals surface area contributed by atoms with E-state index in [0.717, 1.165) is 42.0 Å². The van der Waals surface area contributed by atoms with Gasteiger partial charge in [-0.25, -0.2) is 0 Å². The molecule has 0 N–H and O–H groups in total. The van der Waals surface area contributed by atoms with E-state index >= 15 is 0 Å². The van der Waals surface area contributed by atoms with Crippen LogP contribution in [0.1, 0.15) is 36.6 Å². The maximum atomic E-state index is 12.6. The molecule has 0 bridgehead atoms. The molecule has 3 rings (SSSR count). The van der Waals surface area contributed by atoms with Crippen LogP contribution in [-0.4, -0.2) is 24.0 Å². The summed E-state index contributed by atoms with van der Waals surface area (Å²) >= 11 is 0. The quantitative estimate of drug-likeness (QED) is 0.842. The Bertz CT molecular complexity index is 727. The van der Waals surface area contributed by atoms with Crippen LogP contribution in [0, 0.1) is 6.92 Å². The van der Waals surface area contributed by atoms with Crippen LogP contribution in [0.2, 0.25) is 0 Å². The second-order valence-corrected chi connectivity index (χ2v) is 6.21. The molecule has 0 fully saturated rings. The summed E-state index contributed by atoms with van der Waals surface area (Å²) in [4.78, 5) is 18.8. The zero-order chi connectivity index (χ0) is 16.9. The lowest BCUT2D eigenvalue weighted by molar-refractivity contribution is -0.120. The van der Waals surface area contributed by atoms with Gasteiger partial charge in [0, 0.05) is 29.7 Å². The van der Waals surface area contributed by atoms with E-state index in [1.807, 2.05) is 44.2 Å². The minimum atomic E-state index is -0.0236. The number of likely N-dealkylation sites (N-methyl/N-ethyl adjacent to an activating group) is 1. The third kappa shape index (κ3) is 3.58. The summed E-state index contributed by atoms with van der Waals surface area (Å²) in [5, 5.41) is 0. The molecule has 2 aromatic rings. The number of amides is 1. The molecule has 1 heterocycles. The fourth-order valence-electron chi connectivity index (χ4n) is 3.24. The molecular formula is C20H24N2O2. The Hall–Kier alpha value is -2.36. The normalized spacial score (nSPS) is 13.2. The second-order valence-electron chi connectivity index (χ2n) is 6.21. The van der Waals surface area contributed by atoms with Gasteiger partial charge in [-0.1, -0.05) is 12.1 Å². The van der Waals surface area contributed by atoms with Gasteiger partial charge >= 0.3 is 0 Å². The van der Waals surface area contributed by atoms with Crippen LogP contribution in [0.25, 0.3) is 0 Å². The molecule has 0 saturated carbocycles. The number of anilines is 1. The molecule has 1 aromatic carbocycles. The Morgan fingerprint density at radius 1 is 1.25 bits per heavy atom. The average molecular weight is 324 g/mol. The minimum absolute atomic E-state index is 0.0236. The highest BCUT2D eigenvalue weighted by molar-refractivity contribution is 5.94. The van der Waals surface area contributed by atoms with Crippen molar-refractivity contribution in [1.82, 2.24) is 4.98 Å². The minimum Gasteiger partial charge on any atom is -0.483 e. The summed E-state index contributed by atoms with van der Waals surface area (Å²) in [6, 6.07) is 9.86. The van der Waals surface area contributed by atoms with Crippen LogP contribution < -0.4 is 9.64 Å². The lowest BCUT2D eigenvalue weighted by Crippen LogP contribution is -2.35. The third-order valence-electron chi connectivity index (χ3n) is 4.47. The first-order valence-corrected chi connectivity index (χ1v) is 8.65. The predicted octanol–water partition coefficient (Wildman–Crippen LogP) is 3.70. The largest absolute Gasteiger partial charge is 0.483 e. The van der Waals surface area contributed by atoms with E-state index in [9.17, 15) is 4.79 Å². The summed E-state index contributed by atoms with van der Waals surface area (Å²) in [5.41, 5.74) is 4.36. The first-order chi connectivity index (χ1) is 11.7. The van der Waals surface area contributed by atoms with Crippen molar-refractivity contribution in [3.8, 4) is 5.75 Å². The smallest absolute Gasteiger partial charge is 0.264 e. The number of benzene rings is 1. The van der Waals surface area contributed by atoms with Gasteiger partial charge in [-0.05, 0) is 63.3 Å². The Balaban J connectivity index is 1.71. The van der Waals surface area contributed by atoms with E-state index in [2.05, 4.69) is 4.98 Å². The number of aryl methyl sites for hydroxylation is 2. The van der Waals surface area contributed by atoms with Gasteiger partial charge in [-0.15, -0.1) is 0 Å². The van der Waals surface area contributed by atoms with Crippen molar-refractivity contribution in [3.05, 3.63) is 53.3 Å². The van der Waals surface area contributed by atoms with E-state index < -0.39 is 0 Å². The molecule has 0 aliphatic heterocycles. The van der Waals surface area contributed by atoms with Gasteiger partial charge < -0.3 is 9.64 Å². The number of fused-ring (bicyclic) bond motifs is 1. The van der Waals surface area contributed by atoms with Crippen LogP contribution in [0.4, 0.5) is 5.69 Å². The van der Waals surface area contributed by atoms with Crippen molar-refractivity contribution < 1.29 is 9.53 Å². The molecule has 1 aliphatic carbocycles. The van der Waals surface area contributed by atoms with Crippen LogP contribution in [0.5, 0.6) is 5.75 Å². The molecule has 0 radical (unpaired) electrons. The number of hydrogen-bond acceptors (Lipinski definition) is 3. The van der Waals surface area contributed by atoms with E-state index in [0.29, 0.717) is 6.54 Å². The highest BCUT2D eigenvalue weighted by Crippen LogP contribution is 2.28. The number of ether oxygens (including phenoxy) is 1. The number of aromatic nitrogens is 1. The topological polar surface area (TPSA) is 42.4 Å². The number of carbonyl (C=O) groups is 1. The molecule has 0 atom stereocenters. The molecule has 0 saturated heterocycles. The summed E-state index contributed by atoms with van der Waals surface area (Å²) in [5.74, 6) is 0.790. The van der Waals surface area contributed by atoms with Crippen molar-refractivity contribution in [3.63, 3.8) is 0 Å². The monoisotopic (exact) mass is 324 g/mol. The number of rotatable bonds is 5. The van der Waals surface area contributed by atoms with Crippen molar-refractivity contribution in [1.29, 1.82) is 0 Å². The lowest BCUT2D eigenvalue weighted by Gasteiger charge is -2.23. The molecule has 4 nitrogen and oxygen atoms in total. The SMILES string of the molecule is CCN(C(=O)COc1ccnc2c1CCCC2)c1cccc(C)c1. The number of nitrogens with zero attached hydrogens (tertiary/aromatic N) is 2. The van der Waals surface area contributed by atoms with E-state index in [1.54, 1.807) is 11.1 Å². The zero-order valence-corrected chi connectivity index (χ0v) is 14.4. The van der Waals surface area contributed by atoms with Crippen molar-refractivity contribution in [2.45, 2.75) is 39.5 Å². The molecule has 126 valence electrons. The molecule has 0 unspecified atom stereocenters. The fraction of sp³-hybridized carbons (Fsp3) is 0.400. The Morgan fingerprint density at radius 2 is 2.08 bits per heavy atom. The highest BCUT2D eigenvalue weighted by Gasteiger charge is 2.18. The highest BCUT2D eigenvalue weighted by atomic mass is 16.5. The maximum Gasteiger partial charge on any atom is 0.264 e. The van der Waals surface area contributed by atoms with Gasteiger partial charge in [0.15, 0.2) is 6.61 Å². The molecule has 1 aliphatic rings. The Labute approximate surface area is 143 Å². The van der Waals surface area contributed by atoms with Gasteiger partial charge in [0.2, 0.25) is 0 Å². The fourth-order valence-corrected chi connectivity index (χ4v) is 3.24. The number of carbonyl (C=O) groups excluding carboxylic acids is 1. The zero-order valence-electron chi connectivity index (χ0n) is 14.4. The molecule has 1 aromatic heterocycles. The first kappa shape index (κ1) is 16.5. The number of hydrogen-bond donors (Lipinski definition) is 0. The molecular weight excluding hydrogens is 300 g/mol. The summed E-state index contributed by atoms with van der Waals surface area (Å²) in [7, 11) is 0. The standard InChI is InChI=1S/C20H24N2O2/c1-3-22(16-8-6-7-15(2)13-16)20(23)14-24-19-11-12-21-18-10-5-4-9-17(18)19/h6-8,11-13H,3-5,9-10,14H2,1-2H3. The molecule has 0 spiro atoms. The predicted molar refractivity (Wildman–Crippen MR) is 95.6 cm³/mol. The van der Waals surface area contributed by atoms with Gasteiger partial charge in [-0.3, -0.25) is 9.78 Å². The molecule has 24 heavy (non-hydrogen) atoms. The van der Waals surface area contributed by atoms with E-state index in [-0.39, 0.29) is 12.5 Å². The summed E-state index contributed by atoms with van der Waals surface area (Å²) in [6.45, 7) is 4.69.